The van der Waals surface area contributed by atoms with E-state index in [1.54, 1.807) is 0 Å². The first-order chi connectivity index (χ1) is 6.75. The van der Waals surface area contributed by atoms with Crippen molar-refractivity contribution in [1.29, 1.82) is 0 Å². The zero-order valence-electron chi connectivity index (χ0n) is 7.88. The number of rotatable bonds is 1. The van der Waals surface area contributed by atoms with Crippen LogP contribution in [0.4, 0.5) is 0 Å². The van der Waals surface area contributed by atoms with Crippen molar-refractivity contribution in [1.82, 2.24) is 0 Å². The summed E-state index contributed by atoms with van der Waals surface area (Å²) in [6.45, 7) is 1.45. The van der Waals surface area contributed by atoms with E-state index in [9.17, 15) is 4.79 Å². The van der Waals surface area contributed by atoms with Gasteiger partial charge in [0.2, 0.25) is 0 Å². The SMILES string of the molecule is CC(=O)OC1C2CC3OC1C1C(O2)C31. The lowest BCUT2D eigenvalue weighted by atomic mass is 9.95. The van der Waals surface area contributed by atoms with Gasteiger partial charge in [0.05, 0.1) is 18.3 Å². The number of esters is 1. The normalized spacial score (nSPS) is 61.4. The Hall–Kier alpha value is -0.610. The van der Waals surface area contributed by atoms with Crippen LogP contribution in [0.25, 0.3) is 0 Å². The van der Waals surface area contributed by atoms with Crippen molar-refractivity contribution in [3.63, 3.8) is 0 Å². The van der Waals surface area contributed by atoms with Gasteiger partial charge < -0.3 is 14.2 Å². The van der Waals surface area contributed by atoms with E-state index in [1.807, 2.05) is 0 Å². The van der Waals surface area contributed by atoms with Crippen LogP contribution in [0.5, 0.6) is 0 Å². The molecule has 76 valence electrons. The molecule has 0 N–H and O–H groups in total. The molecular weight excluding hydrogens is 184 g/mol. The van der Waals surface area contributed by atoms with E-state index in [2.05, 4.69) is 0 Å². The minimum Gasteiger partial charge on any atom is -0.457 e. The summed E-state index contributed by atoms with van der Waals surface area (Å²) in [6, 6.07) is 0. The zero-order chi connectivity index (χ0) is 9.45. The largest absolute Gasteiger partial charge is 0.457 e. The Kier molecular flexibility index (Phi) is 1.17. The number of hydrogen-bond donors (Lipinski definition) is 0. The van der Waals surface area contributed by atoms with Gasteiger partial charge in [-0.15, -0.1) is 0 Å². The molecule has 4 saturated heterocycles. The van der Waals surface area contributed by atoms with Crippen molar-refractivity contribution in [2.45, 2.75) is 43.9 Å². The third-order valence-electron chi connectivity index (χ3n) is 3.99. The molecule has 5 fully saturated rings. The first-order valence-electron chi connectivity index (χ1n) is 5.24. The van der Waals surface area contributed by atoms with Gasteiger partial charge in [0.15, 0.2) is 6.10 Å². The number of carbonyl (C=O) groups is 1. The highest BCUT2D eigenvalue weighted by Crippen LogP contribution is 2.64. The van der Waals surface area contributed by atoms with Crippen molar-refractivity contribution < 1.29 is 19.0 Å². The van der Waals surface area contributed by atoms with E-state index in [4.69, 9.17) is 14.2 Å². The molecule has 0 amide bonds. The molecule has 5 rings (SSSR count). The van der Waals surface area contributed by atoms with Gasteiger partial charge in [0, 0.05) is 25.2 Å². The van der Waals surface area contributed by atoms with Crippen molar-refractivity contribution in [3.05, 3.63) is 0 Å². The molecular formula is C10H12O4. The summed E-state index contributed by atoms with van der Waals surface area (Å²) >= 11 is 0. The quantitative estimate of drug-likeness (QED) is 0.558. The minimum absolute atomic E-state index is 0.0997. The monoisotopic (exact) mass is 196 g/mol. The van der Waals surface area contributed by atoms with Crippen molar-refractivity contribution in [2.75, 3.05) is 0 Å². The van der Waals surface area contributed by atoms with Crippen LogP contribution < -0.4 is 0 Å². The fourth-order valence-corrected chi connectivity index (χ4v) is 3.51. The molecule has 0 aromatic carbocycles. The summed E-state index contributed by atoms with van der Waals surface area (Å²) < 4.78 is 16.9. The molecule has 14 heavy (non-hydrogen) atoms. The van der Waals surface area contributed by atoms with Gasteiger partial charge in [-0.05, 0) is 0 Å². The molecule has 1 aliphatic carbocycles. The summed E-state index contributed by atoms with van der Waals surface area (Å²) in [5.74, 6) is 0.896. The summed E-state index contributed by atoms with van der Waals surface area (Å²) in [6.07, 6.45) is 1.81. The molecule has 5 aliphatic rings. The van der Waals surface area contributed by atoms with Gasteiger partial charge in [-0.3, -0.25) is 4.79 Å². The van der Waals surface area contributed by atoms with E-state index in [1.165, 1.54) is 6.92 Å². The van der Waals surface area contributed by atoms with Crippen LogP contribution in [0.3, 0.4) is 0 Å². The second kappa shape index (κ2) is 2.14. The maximum absolute atomic E-state index is 10.9. The zero-order valence-corrected chi connectivity index (χ0v) is 7.88. The van der Waals surface area contributed by atoms with E-state index in [-0.39, 0.29) is 24.3 Å². The molecule has 4 aliphatic heterocycles. The Balaban J connectivity index is 1.65. The third-order valence-corrected chi connectivity index (χ3v) is 3.99. The van der Waals surface area contributed by atoms with E-state index >= 15 is 0 Å². The Bertz CT molecular complexity index is 315. The minimum atomic E-state index is -0.229. The van der Waals surface area contributed by atoms with Crippen molar-refractivity contribution >= 4 is 5.97 Å². The highest BCUT2D eigenvalue weighted by atomic mass is 16.6. The second-order valence-corrected chi connectivity index (χ2v) is 4.74. The molecule has 1 saturated carbocycles. The molecule has 0 aromatic heterocycles. The van der Waals surface area contributed by atoms with Gasteiger partial charge in [0.25, 0.3) is 0 Å². The van der Waals surface area contributed by atoms with Crippen LogP contribution in [-0.2, 0) is 19.0 Å². The van der Waals surface area contributed by atoms with Crippen LogP contribution in [0.1, 0.15) is 13.3 Å². The van der Waals surface area contributed by atoms with Gasteiger partial charge in [-0.1, -0.05) is 0 Å². The Labute approximate surface area is 81.5 Å². The second-order valence-electron chi connectivity index (χ2n) is 4.74. The van der Waals surface area contributed by atoms with Gasteiger partial charge in [-0.2, -0.15) is 0 Å². The fraction of sp³-hybridized carbons (Fsp3) is 0.900. The average Bonchev–Trinajstić information content (AvgIpc) is 2.72. The molecule has 4 bridgehead atoms. The van der Waals surface area contributed by atoms with E-state index in [0.29, 0.717) is 24.0 Å². The highest BCUT2D eigenvalue weighted by molar-refractivity contribution is 5.66. The Morgan fingerprint density at radius 3 is 2.71 bits per heavy atom. The lowest BCUT2D eigenvalue weighted by Crippen LogP contribution is -2.55. The maximum Gasteiger partial charge on any atom is 0.303 e. The molecule has 0 aromatic rings. The van der Waals surface area contributed by atoms with Gasteiger partial charge in [0.1, 0.15) is 6.10 Å². The first kappa shape index (κ1) is 7.65. The predicted molar refractivity (Wildman–Crippen MR) is 44.5 cm³/mol. The molecule has 4 heteroatoms. The van der Waals surface area contributed by atoms with E-state index in [0.717, 1.165) is 6.42 Å². The van der Waals surface area contributed by atoms with Gasteiger partial charge >= 0.3 is 5.97 Å². The number of ether oxygens (including phenoxy) is 3. The summed E-state index contributed by atoms with van der Waals surface area (Å²) in [5.41, 5.74) is 0. The average molecular weight is 196 g/mol. The summed E-state index contributed by atoms with van der Waals surface area (Å²) in [5, 5.41) is 0. The molecule has 0 spiro atoms. The van der Waals surface area contributed by atoms with Gasteiger partial charge in [-0.25, -0.2) is 0 Å². The molecule has 7 unspecified atom stereocenters. The maximum atomic E-state index is 10.9. The topological polar surface area (TPSA) is 44.8 Å². The molecule has 7 atom stereocenters. The highest BCUT2D eigenvalue weighted by Gasteiger charge is 2.75. The summed E-state index contributed by atoms with van der Waals surface area (Å²) in [4.78, 5) is 10.9. The third kappa shape index (κ3) is 0.718. The lowest BCUT2D eigenvalue weighted by Gasteiger charge is -2.43. The molecule has 0 radical (unpaired) electrons. The Morgan fingerprint density at radius 2 is 2.00 bits per heavy atom. The number of hydrogen-bond acceptors (Lipinski definition) is 4. The molecule has 4 heterocycles. The number of carbonyl (C=O) groups excluding carboxylic acids is 1. The lowest BCUT2D eigenvalue weighted by molar-refractivity contribution is -0.238. The van der Waals surface area contributed by atoms with Crippen molar-refractivity contribution in [2.24, 2.45) is 11.8 Å². The van der Waals surface area contributed by atoms with Crippen LogP contribution in [0, 0.1) is 11.8 Å². The summed E-state index contributed by atoms with van der Waals surface area (Å²) in [7, 11) is 0. The predicted octanol–water partition coefficient (Wildman–Crippen LogP) is 0.103. The standard InChI is InChI=1S/C10H12O4/c1-3(11)12-8-5-2-4-6-7(9(6)14-5)10(8)13-4/h4-10H,2H2,1H3. The van der Waals surface area contributed by atoms with Crippen LogP contribution in [0.15, 0.2) is 0 Å². The Morgan fingerprint density at radius 1 is 1.21 bits per heavy atom. The smallest absolute Gasteiger partial charge is 0.303 e. The van der Waals surface area contributed by atoms with Crippen LogP contribution in [0.2, 0.25) is 0 Å². The fourth-order valence-electron chi connectivity index (χ4n) is 3.51. The van der Waals surface area contributed by atoms with Crippen molar-refractivity contribution in [3.8, 4) is 0 Å². The first-order valence-corrected chi connectivity index (χ1v) is 5.24. The van der Waals surface area contributed by atoms with Crippen LogP contribution >= 0.6 is 0 Å². The van der Waals surface area contributed by atoms with Crippen LogP contribution in [-0.4, -0.2) is 36.5 Å². The molecule has 4 nitrogen and oxygen atoms in total. The van der Waals surface area contributed by atoms with E-state index < -0.39 is 0 Å².